The summed E-state index contributed by atoms with van der Waals surface area (Å²) in [7, 11) is 0. The molecule has 0 aromatic heterocycles. The Kier molecular flexibility index (Phi) is 2.40. The van der Waals surface area contributed by atoms with Gasteiger partial charge in [-0.1, -0.05) is 13.8 Å². The standard InChI is InChI=1S/C9H14O3/c1-5(2)9-11-7(4)8(12-9)6(3)10/h5,9H,1-4H3. The van der Waals surface area contributed by atoms with E-state index in [0.717, 1.165) is 0 Å². The van der Waals surface area contributed by atoms with Gasteiger partial charge in [-0.3, -0.25) is 4.79 Å². The van der Waals surface area contributed by atoms with Crippen molar-refractivity contribution in [2.24, 2.45) is 5.92 Å². The van der Waals surface area contributed by atoms with Crippen LogP contribution in [0.2, 0.25) is 0 Å². The fourth-order valence-electron chi connectivity index (χ4n) is 1.05. The van der Waals surface area contributed by atoms with Crippen molar-refractivity contribution >= 4 is 5.78 Å². The fraction of sp³-hybridized carbons (Fsp3) is 0.667. The first-order valence-electron chi connectivity index (χ1n) is 4.07. The molecule has 3 nitrogen and oxygen atoms in total. The number of hydrogen-bond donors (Lipinski definition) is 0. The van der Waals surface area contributed by atoms with Gasteiger partial charge in [0.25, 0.3) is 0 Å². The first-order chi connectivity index (χ1) is 5.52. The second-order valence-corrected chi connectivity index (χ2v) is 3.29. The number of Topliss-reactive ketones (excluding diaryl/α,β-unsaturated/α-hetero) is 1. The number of ether oxygens (including phenoxy) is 2. The Bertz CT molecular complexity index is 228. The molecule has 0 aromatic carbocycles. The van der Waals surface area contributed by atoms with Gasteiger partial charge >= 0.3 is 0 Å². The van der Waals surface area contributed by atoms with E-state index in [1.54, 1.807) is 6.92 Å². The van der Waals surface area contributed by atoms with Crippen LogP contribution in [-0.4, -0.2) is 12.1 Å². The molecular formula is C9H14O3. The van der Waals surface area contributed by atoms with Gasteiger partial charge in [-0.15, -0.1) is 0 Å². The molecule has 3 heteroatoms. The zero-order chi connectivity index (χ0) is 9.30. The van der Waals surface area contributed by atoms with Gasteiger partial charge < -0.3 is 9.47 Å². The highest BCUT2D eigenvalue weighted by molar-refractivity contribution is 5.91. The van der Waals surface area contributed by atoms with Gasteiger partial charge in [-0.2, -0.15) is 0 Å². The van der Waals surface area contributed by atoms with Crippen LogP contribution in [0, 0.1) is 5.92 Å². The van der Waals surface area contributed by atoms with Crippen LogP contribution in [-0.2, 0) is 14.3 Å². The molecule has 0 amide bonds. The van der Waals surface area contributed by atoms with Crippen molar-refractivity contribution in [1.29, 1.82) is 0 Å². The summed E-state index contributed by atoms with van der Waals surface area (Å²) in [4.78, 5) is 11.0. The maximum atomic E-state index is 11.0. The van der Waals surface area contributed by atoms with Crippen LogP contribution in [0.3, 0.4) is 0 Å². The molecule has 1 heterocycles. The number of rotatable bonds is 2. The predicted octanol–water partition coefficient (Wildman–Crippen LogP) is 1.84. The summed E-state index contributed by atoms with van der Waals surface area (Å²) in [5.41, 5.74) is 0. The van der Waals surface area contributed by atoms with E-state index in [1.807, 2.05) is 13.8 Å². The molecule has 0 N–H and O–H groups in total. The van der Waals surface area contributed by atoms with Crippen molar-refractivity contribution in [3.8, 4) is 0 Å². The van der Waals surface area contributed by atoms with E-state index in [9.17, 15) is 4.79 Å². The number of carbonyl (C=O) groups is 1. The lowest BCUT2D eigenvalue weighted by Gasteiger charge is -2.14. The largest absolute Gasteiger partial charge is 0.455 e. The Morgan fingerprint density at radius 2 is 2.00 bits per heavy atom. The van der Waals surface area contributed by atoms with Crippen molar-refractivity contribution in [2.45, 2.75) is 34.0 Å². The van der Waals surface area contributed by atoms with E-state index < -0.39 is 0 Å². The van der Waals surface area contributed by atoms with Crippen LogP contribution >= 0.6 is 0 Å². The van der Waals surface area contributed by atoms with Crippen molar-refractivity contribution in [3.63, 3.8) is 0 Å². The molecule has 0 bridgehead atoms. The third-order valence-corrected chi connectivity index (χ3v) is 1.71. The number of carbonyl (C=O) groups excluding carboxylic acids is 1. The molecule has 0 fully saturated rings. The second-order valence-electron chi connectivity index (χ2n) is 3.29. The molecule has 0 spiro atoms. The summed E-state index contributed by atoms with van der Waals surface area (Å²) < 4.78 is 10.6. The zero-order valence-electron chi connectivity index (χ0n) is 7.88. The molecule has 68 valence electrons. The van der Waals surface area contributed by atoms with E-state index >= 15 is 0 Å². The monoisotopic (exact) mass is 170 g/mol. The molecule has 12 heavy (non-hydrogen) atoms. The first kappa shape index (κ1) is 9.10. The lowest BCUT2D eigenvalue weighted by atomic mass is 10.2. The molecule has 0 saturated heterocycles. The fourth-order valence-corrected chi connectivity index (χ4v) is 1.05. The Labute approximate surface area is 72.4 Å². The van der Waals surface area contributed by atoms with E-state index in [2.05, 4.69) is 0 Å². The lowest BCUT2D eigenvalue weighted by Crippen LogP contribution is -2.17. The van der Waals surface area contributed by atoms with Crippen molar-refractivity contribution in [1.82, 2.24) is 0 Å². The molecule has 0 aromatic rings. The van der Waals surface area contributed by atoms with Crippen molar-refractivity contribution in [2.75, 3.05) is 0 Å². The van der Waals surface area contributed by atoms with Gasteiger partial charge in [0, 0.05) is 12.8 Å². The Hall–Kier alpha value is -0.990. The number of ketones is 1. The molecule has 0 aliphatic carbocycles. The van der Waals surface area contributed by atoms with Gasteiger partial charge in [-0.05, 0) is 6.92 Å². The molecule has 1 aliphatic heterocycles. The molecule has 1 aliphatic rings. The SMILES string of the molecule is CC(=O)C1=C(C)OC(C(C)C)O1. The Morgan fingerprint density at radius 3 is 2.25 bits per heavy atom. The van der Waals surface area contributed by atoms with E-state index in [-0.39, 0.29) is 18.0 Å². The van der Waals surface area contributed by atoms with Crippen LogP contribution in [0.15, 0.2) is 11.5 Å². The lowest BCUT2D eigenvalue weighted by molar-refractivity contribution is -0.121. The second kappa shape index (κ2) is 3.17. The number of allylic oxidation sites excluding steroid dienone is 2. The molecule has 0 saturated carbocycles. The van der Waals surface area contributed by atoms with Gasteiger partial charge in [0.15, 0.2) is 5.78 Å². The molecule has 1 unspecified atom stereocenters. The van der Waals surface area contributed by atoms with Crippen LogP contribution in [0.25, 0.3) is 0 Å². The molecule has 1 rings (SSSR count). The third-order valence-electron chi connectivity index (χ3n) is 1.71. The Morgan fingerprint density at radius 1 is 1.42 bits per heavy atom. The van der Waals surface area contributed by atoms with E-state index in [0.29, 0.717) is 11.5 Å². The first-order valence-corrected chi connectivity index (χ1v) is 4.07. The maximum absolute atomic E-state index is 11.0. The number of hydrogen-bond acceptors (Lipinski definition) is 3. The van der Waals surface area contributed by atoms with Gasteiger partial charge in [-0.25, -0.2) is 0 Å². The summed E-state index contributed by atoms with van der Waals surface area (Å²) >= 11 is 0. The third kappa shape index (κ3) is 1.60. The summed E-state index contributed by atoms with van der Waals surface area (Å²) in [6.45, 7) is 7.20. The average Bonchev–Trinajstić information content (AvgIpc) is 2.30. The van der Waals surface area contributed by atoms with Crippen molar-refractivity contribution < 1.29 is 14.3 Å². The van der Waals surface area contributed by atoms with E-state index in [1.165, 1.54) is 6.92 Å². The normalized spacial score (nSPS) is 22.6. The molecule has 0 radical (unpaired) electrons. The topological polar surface area (TPSA) is 35.5 Å². The predicted molar refractivity (Wildman–Crippen MR) is 44.2 cm³/mol. The van der Waals surface area contributed by atoms with Gasteiger partial charge in [0.1, 0.15) is 5.76 Å². The highest BCUT2D eigenvalue weighted by Crippen LogP contribution is 2.26. The van der Waals surface area contributed by atoms with Crippen molar-refractivity contribution in [3.05, 3.63) is 11.5 Å². The summed E-state index contributed by atoms with van der Waals surface area (Å²) in [6, 6.07) is 0. The summed E-state index contributed by atoms with van der Waals surface area (Å²) in [6.07, 6.45) is -0.288. The minimum absolute atomic E-state index is 0.0735. The van der Waals surface area contributed by atoms with E-state index in [4.69, 9.17) is 9.47 Å². The smallest absolute Gasteiger partial charge is 0.243 e. The van der Waals surface area contributed by atoms with Gasteiger partial charge in [0.2, 0.25) is 12.0 Å². The minimum Gasteiger partial charge on any atom is -0.455 e. The quantitative estimate of drug-likeness (QED) is 0.634. The Balaban J connectivity index is 2.68. The molecular weight excluding hydrogens is 156 g/mol. The van der Waals surface area contributed by atoms with Crippen LogP contribution in [0.5, 0.6) is 0 Å². The van der Waals surface area contributed by atoms with Crippen LogP contribution in [0.4, 0.5) is 0 Å². The minimum atomic E-state index is -0.288. The summed E-state index contributed by atoms with van der Waals surface area (Å²) in [5, 5.41) is 0. The molecule has 1 atom stereocenters. The average molecular weight is 170 g/mol. The van der Waals surface area contributed by atoms with Crippen LogP contribution < -0.4 is 0 Å². The zero-order valence-corrected chi connectivity index (χ0v) is 7.88. The maximum Gasteiger partial charge on any atom is 0.243 e. The summed E-state index contributed by atoms with van der Waals surface area (Å²) in [5.74, 6) is 1.15. The van der Waals surface area contributed by atoms with Gasteiger partial charge in [0.05, 0.1) is 0 Å². The highest BCUT2D eigenvalue weighted by atomic mass is 16.7. The highest BCUT2D eigenvalue weighted by Gasteiger charge is 2.29. The van der Waals surface area contributed by atoms with Crippen LogP contribution in [0.1, 0.15) is 27.7 Å².